The Kier molecular flexibility index (Phi) is 5.76. The van der Waals surface area contributed by atoms with Gasteiger partial charge in [-0.2, -0.15) is 0 Å². The van der Waals surface area contributed by atoms with E-state index in [1.165, 1.54) is 16.0 Å². The zero-order chi connectivity index (χ0) is 15.2. The van der Waals surface area contributed by atoms with Gasteiger partial charge in [-0.1, -0.05) is 24.6 Å². The molecule has 1 atom stereocenters. The normalized spacial score (nSPS) is 12.4. The van der Waals surface area contributed by atoms with Crippen LogP contribution in [0.3, 0.4) is 0 Å². The first-order valence-corrected chi connectivity index (χ1v) is 8.34. The largest absolute Gasteiger partial charge is 0.310 e. The molecule has 0 spiro atoms. The Bertz CT molecular complexity index is 581. The van der Waals surface area contributed by atoms with E-state index >= 15 is 0 Å². The molecule has 21 heavy (non-hydrogen) atoms. The van der Waals surface area contributed by atoms with Crippen LogP contribution in [0.15, 0.2) is 35.4 Å². The highest BCUT2D eigenvalue weighted by molar-refractivity contribution is 7.98. The standard InChI is InChI=1S/C17H23N3S/c1-5-18-13(3)16-10-19-17(20-14(16)4)11-21-15-8-6-12(2)7-9-15/h6-10,13,18H,5,11H2,1-4H3. The molecule has 0 aliphatic heterocycles. The molecule has 1 heterocycles. The van der Waals surface area contributed by atoms with Gasteiger partial charge in [0.1, 0.15) is 5.82 Å². The van der Waals surface area contributed by atoms with E-state index in [1.54, 1.807) is 11.8 Å². The van der Waals surface area contributed by atoms with Gasteiger partial charge in [0, 0.05) is 28.4 Å². The molecule has 112 valence electrons. The van der Waals surface area contributed by atoms with E-state index in [1.807, 2.05) is 6.20 Å². The minimum absolute atomic E-state index is 0.300. The molecule has 0 radical (unpaired) electrons. The van der Waals surface area contributed by atoms with Crippen LogP contribution in [0.1, 0.15) is 42.5 Å². The number of aryl methyl sites for hydroxylation is 2. The zero-order valence-electron chi connectivity index (χ0n) is 13.2. The maximum atomic E-state index is 4.64. The number of aromatic nitrogens is 2. The summed E-state index contributed by atoms with van der Waals surface area (Å²) in [6.45, 7) is 9.37. The molecule has 0 saturated carbocycles. The van der Waals surface area contributed by atoms with Crippen molar-refractivity contribution in [2.45, 2.75) is 44.4 Å². The summed E-state index contributed by atoms with van der Waals surface area (Å²) < 4.78 is 0. The lowest BCUT2D eigenvalue weighted by Crippen LogP contribution is -2.19. The molecule has 4 heteroatoms. The second-order valence-corrected chi connectivity index (χ2v) is 6.26. The number of nitrogens with one attached hydrogen (secondary N) is 1. The summed E-state index contributed by atoms with van der Waals surface area (Å²) >= 11 is 1.77. The van der Waals surface area contributed by atoms with Crippen LogP contribution in [-0.2, 0) is 5.75 Å². The van der Waals surface area contributed by atoms with Gasteiger partial charge in [0.15, 0.2) is 0 Å². The Morgan fingerprint density at radius 1 is 1.19 bits per heavy atom. The lowest BCUT2D eigenvalue weighted by Gasteiger charge is -2.14. The highest BCUT2D eigenvalue weighted by Crippen LogP contribution is 2.22. The van der Waals surface area contributed by atoms with E-state index in [4.69, 9.17) is 0 Å². The molecule has 0 amide bonds. The quantitative estimate of drug-likeness (QED) is 0.817. The van der Waals surface area contributed by atoms with Crippen LogP contribution < -0.4 is 5.32 Å². The van der Waals surface area contributed by atoms with E-state index in [0.29, 0.717) is 6.04 Å². The third kappa shape index (κ3) is 4.55. The number of hydrogen-bond donors (Lipinski definition) is 1. The van der Waals surface area contributed by atoms with E-state index in [9.17, 15) is 0 Å². The van der Waals surface area contributed by atoms with Gasteiger partial charge in [-0.15, -0.1) is 11.8 Å². The van der Waals surface area contributed by atoms with Crippen LogP contribution in [0.2, 0.25) is 0 Å². The molecule has 2 rings (SSSR count). The van der Waals surface area contributed by atoms with Crippen LogP contribution in [0.5, 0.6) is 0 Å². The first-order valence-electron chi connectivity index (χ1n) is 7.35. The Hall–Kier alpha value is -1.39. The fourth-order valence-electron chi connectivity index (χ4n) is 2.22. The Morgan fingerprint density at radius 2 is 1.90 bits per heavy atom. The summed E-state index contributed by atoms with van der Waals surface area (Å²) in [7, 11) is 0. The fraction of sp³-hybridized carbons (Fsp3) is 0.412. The zero-order valence-corrected chi connectivity index (χ0v) is 14.0. The van der Waals surface area contributed by atoms with Crippen molar-refractivity contribution >= 4 is 11.8 Å². The maximum Gasteiger partial charge on any atom is 0.138 e. The first-order chi connectivity index (χ1) is 10.1. The molecule has 2 aromatic rings. The van der Waals surface area contributed by atoms with Gasteiger partial charge in [0.25, 0.3) is 0 Å². The molecule has 0 bridgehead atoms. The van der Waals surface area contributed by atoms with Gasteiger partial charge in [0.05, 0.1) is 5.75 Å². The smallest absolute Gasteiger partial charge is 0.138 e. The lowest BCUT2D eigenvalue weighted by molar-refractivity contribution is 0.589. The van der Waals surface area contributed by atoms with E-state index in [-0.39, 0.29) is 0 Å². The van der Waals surface area contributed by atoms with Crippen molar-refractivity contribution in [1.29, 1.82) is 0 Å². The predicted molar refractivity (Wildman–Crippen MR) is 89.6 cm³/mol. The van der Waals surface area contributed by atoms with Crippen LogP contribution in [0.4, 0.5) is 0 Å². The van der Waals surface area contributed by atoms with Crippen molar-refractivity contribution in [1.82, 2.24) is 15.3 Å². The van der Waals surface area contributed by atoms with Crippen molar-refractivity contribution in [3.8, 4) is 0 Å². The summed E-state index contributed by atoms with van der Waals surface area (Å²) in [4.78, 5) is 10.4. The summed E-state index contributed by atoms with van der Waals surface area (Å²) in [6, 6.07) is 8.86. The van der Waals surface area contributed by atoms with Gasteiger partial charge in [-0.3, -0.25) is 0 Å². The SMILES string of the molecule is CCNC(C)c1cnc(CSc2ccc(C)cc2)nc1C. The van der Waals surface area contributed by atoms with Crippen molar-refractivity contribution in [2.75, 3.05) is 6.54 Å². The average Bonchev–Trinajstić information content (AvgIpc) is 2.47. The number of benzene rings is 1. The van der Waals surface area contributed by atoms with Gasteiger partial charge in [-0.05, 0) is 39.4 Å². The van der Waals surface area contributed by atoms with Crippen molar-refractivity contribution in [2.24, 2.45) is 0 Å². The topological polar surface area (TPSA) is 37.8 Å². The minimum atomic E-state index is 0.300. The summed E-state index contributed by atoms with van der Waals surface area (Å²) in [5.74, 6) is 1.70. The average molecular weight is 301 g/mol. The molecule has 1 aromatic heterocycles. The Balaban J connectivity index is 2.01. The monoisotopic (exact) mass is 301 g/mol. The highest BCUT2D eigenvalue weighted by Gasteiger charge is 2.10. The van der Waals surface area contributed by atoms with Crippen molar-refractivity contribution in [3.05, 3.63) is 53.1 Å². The molecule has 1 unspecified atom stereocenters. The van der Waals surface area contributed by atoms with Crippen molar-refractivity contribution in [3.63, 3.8) is 0 Å². The van der Waals surface area contributed by atoms with Gasteiger partial charge >= 0.3 is 0 Å². The first kappa shape index (κ1) is 16.0. The fourth-order valence-corrected chi connectivity index (χ4v) is 2.98. The number of nitrogens with zero attached hydrogens (tertiary/aromatic N) is 2. The summed E-state index contributed by atoms with van der Waals surface area (Å²) in [6.07, 6.45) is 1.96. The van der Waals surface area contributed by atoms with Crippen LogP contribution in [0.25, 0.3) is 0 Å². The maximum absolute atomic E-state index is 4.64. The third-order valence-electron chi connectivity index (χ3n) is 3.43. The summed E-state index contributed by atoms with van der Waals surface area (Å²) in [5, 5.41) is 3.40. The molecule has 1 N–H and O–H groups in total. The van der Waals surface area contributed by atoms with E-state index < -0.39 is 0 Å². The third-order valence-corrected chi connectivity index (χ3v) is 4.44. The second-order valence-electron chi connectivity index (χ2n) is 5.21. The molecular formula is C17H23N3S. The lowest BCUT2D eigenvalue weighted by atomic mass is 10.1. The highest BCUT2D eigenvalue weighted by atomic mass is 32.2. The van der Waals surface area contributed by atoms with Gasteiger partial charge in [0.2, 0.25) is 0 Å². The minimum Gasteiger partial charge on any atom is -0.310 e. The molecule has 1 aromatic carbocycles. The van der Waals surface area contributed by atoms with Crippen molar-refractivity contribution < 1.29 is 0 Å². The Morgan fingerprint density at radius 3 is 2.52 bits per heavy atom. The molecule has 0 fully saturated rings. The molecule has 0 saturated heterocycles. The van der Waals surface area contributed by atoms with Gasteiger partial charge < -0.3 is 5.32 Å². The predicted octanol–water partition coefficient (Wildman–Crippen LogP) is 4.06. The Labute approximate surface area is 131 Å². The van der Waals surface area contributed by atoms with Crippen LogP contribution in [0, 0.1) is 13.8 Å². The number of thioether (sulfide) groups is 1. The second kappa shape index (κ2) is 7.57. The molecule has 3 nitrogen and oxygen atoms in total. The van der Waals surface area contributed by atoms with E-state index in [0.717, 1.165) is 23.8 Å². The van der Waals surface area contributed by atoms with Crippen LogP contribution in [-0.4, -0.2) is 16.5 Å². The molecule has 0 aliphatic carbocycles. The summed E-state index contributed by atoms with van der Waals surface area (Å²) in [5.41, 5.74) is 3.53. The van der Waals surface area contributed by atoms with E-state index in [2.05, 4.69) is 67.2 Å². The van der Waals surface area contributed by atoms with Crippen LogP contribution >= 0.6 is 11.8 Å². The molecule has 0 aliphatic rings. The number of rotatable bonds is 6. The van der Waals surface area contributed by atoms with Gasteiger partial charge in [-0.25, -0.2) is 9.97 Å². The molecular weight excluding hydrogens is 278 g/mol. The number of hydrogen-bond acceptors (Lipinski definition) is 4.